The van der Waals surface area contributed by atoms with Gasteiger partial charge in [-0.25, -0.2) is 0 Å². The molecule has 0 bridgehead atoms. The van der Waals surface area contributed by atoms with Crippen LogP contribution in [0.3, 0.4) is 0 Å². The van der Waals surface area contributed by atoms with Gasteiger partial charge in [0, 0.05) is 12.2 Å². The topological polar surface area (TPSA) is 57.0 Å². The van der Waals surface area contributed by atoms with Crippen molar-refractivity contribution in [1.29, 1.82) is 0 Å². The van der Waals surface area contributed by atoms with Gasteiger partial charge in [-0.15, -0.1) is 0 Å². The quantitative estimate of drug-likeness (QED) is 0.856. The lowest BCUT2D eigenvalue weighted by molar-refractivity contribution is 0.351. The number of aryl methyl sites for hydroxylation is 1. The number of aromatic nitrogens is 2. The molecule has 0 spiro atoms. The van der Waals surface area contributed by atoms with Crippen molar-refractivity contribution in [2.75, 3.05) is 0 Å². The molecule has 2 heterocycles. The van der Waals surface area contributed by atoms with Gasteiger partial charge in [-0.3, -0.25) is 4.68 Å². The molecule has 2 aromatic rings. The van der Waals surface area contributed by atoms with E-state index in [9.17, 15) is 0 Å². The Morgan fingerprint density at radius 3 is 2.81 bits per heavy atom. The zero-order chi connectivity index (χ0) is 11.5. The lowest BCUT2D eigenvalue weighted by atomic mass is 10.0. The second-order valence-corrected chi connectivity index (χ2v) is 3.97. The highest BCUT2D eigenvalue weighted by Crippen LogP contribution is 2.22. The summed E-state index contributed by atoms with van der Waals surface area (Å²) < 4.78 is 7.32. The molecule has 0 aromatic carbocycles. The molecule has 0 aliphatic rings. The Labute approximate surface area is 95.1 Å². The third-order valence-electron chi connectivity index (χ3n) is 2.74. The maximum Gasteiger partial charge on any atom is 0.129 e. The van der Waals surface area contributed by atoms with Crippen LogP contribution in [0.5, 0.6) is 0 Å². The third kappa shape index (κ3) is 2.02. The van der Waals surface area contributed by atoms with E-state index in [1.807, 2.05) is 36.0 Å². The predicted octanol–water partition coefficient (Wildman–Crippen LogP) is 2.11. The van der Waals surface area contributed by atoms with Crippen molar-refractivity contribution in [3.05, 3.63) is 42.1 Å². The molecular weight excluding hydrogens is 202 g/mol. The van der Waals surface area contributed by atoms with Crippen molar-refractivity contribution in [1.82, 2.24) is 9.78 Å². The molecule has 2 unspecified atom stereocenters. The first-order chi connectivity index (χ1) is 7.72. The molecule has 0 radical (unpaired) electrons. The van der Waals surface area contributed by atoms with E-state index < -0.39 is 0 Å². The van der Waals surface area contributed by atoms with Crippen LogP contribution in [0.25, 0.3) is 0 Å². The highest BCUT2D eigenvalue weighted by atomic mass is 16.3. The maximum absolute atomic E-state index is 6.13. The summed E-state index contributed by atoms with van der Waals surface area (Å²) in [5.41, 5.74) is 7.11. The summed E-state index contributed by atoms with van der Waals surface area (Å²) in [7, 11) is 0. The first-order valence-corrected chi connectivity index (χ1v) is 5.53. The van der Waals surface area contributed by atoms with Gasteiger partial charge in [-0.05, 0) is 31.5 Å². The van der Waals surface area contributed by atoms with E-state index >= 15 is 0 Å². The van der Waals surface area contributed by atoms with Crippen LogP contribution in [0.15, 0.2) is 35.1 Å². The molecule has 0 aliphatic carbocycles. The Kier molecular flexibility index (Phi) is 3.10. The lowest BCUT2D eigenvalue weighted by Crippen LogP contribution is -2.32. The number of nitrogens with zero attached hydrogens (tertiary/aromatic N) is 2. The minimum absolute atomic E-state index is 0.00505. The standard InChI is InChI=1S/C12H17N3O/c1-3-10(13)12(11-5-4-8-16-11)15-7-6-9(2)14-15/h4-8,10,12H,3,13H2,1-2H3. The van der Waals surface area contributed by atoms with Crippen molar-refractivity contribution < 1.29 is 4.42 Å². The van der Waals surface area contributed by atoms with Crippen LogP contribution >= 0.6 is 0 Å². The van der Waals surface area contributed by atoms with Crippen molar-refractivity contribution in [2.24, 2.45) is 5.73 Å². The van der Waals surface area contributed by atoms with E-state index in [1.165, 1.54) is 0 Å². The summed E-state index contributed by atoms with van der Waals surface area (Å²) >= 11 is 0. The summed E-state index contributed by atoms with van der Waals surface area (Å²) in [5, 5.41) is 4.41. The average molecular weight is 219 g/mol. The monoisotopic (exact) mass is 219 g/mol. The highest BCUT2D eigenvalue weighted by molar-refractivity contribution is 5.10. The minimum Gasteiger partial charge on any atom is -0.467 e. The van der Waals surface area contributed by atoms with Gasteiger partial charge >= 0.3 is 0 Å². The fraction of sp³-hybridized carbons (Fsp3) is 0.417. The van der Waals surface area contributed by atoms with E-state index in [0.717, 1.165) is 17.9 Å². The van der Waals surface area contributed by atoms with E-state index in [0.29, 0.717) is 0 Å². The number of hydrogen-bond donors (Lipinski definition) is 1. The van der Waals surface area contributed by atoms with Gasteiger partial charge in [0.15, 0.2) is 0 Å². The summed E-state index contributed by atoms with van der Waals surface area (Å²) in [4.78, 5) is 0. The van der Waals surface area contributed by atoms with E-state index in [2.05, 4.69) is 12.0 Å². The molecule has 4 heteroatoms. The lowest BCUT2D eigenvalue weighted by Gasteiger charge is -2.21. The number of rotatable bonds is 4. The Hall–Kier alpha value is -1.55. The fourth-order valence-electron chi connectivity index (χ4n) is 1.81. The SMILES string of the molecule is CCC(N)C(c1ccco1)n1ccc(C)n1. The van der Waals surface area contributed by atoms with Crippen LogP contribution < -0.4 is 5.73 Å². The first kappa shape index (κ1) is 11.0. The van der Waals surface area contributed by atoms with Crippen LogP contribution in [0.4, 0.5) is 0 Å². The van der Waals surface area contributed by atoms with Crippen LogP contribution in [0.1, 0.15) is 30.8 Å². The normalized spacial score (nSPS) is 14.9. The molecule has 0 fully saturated rings. The fourth-order valence-corrected chi connectivity index (χ4v) is 1.81. The van der Waals surface area contributed by atoms with Crippen molar-refractivity contribution in [3.63, 3.8) is 0 Å². The predicted molar refractivity (Wildman–Crippen MR) is 62.1 cm³/mol. The Balaban J connectivity index is 2.35. The van der Waals surface area contributed by atoms with E-state index in [-0.39, 0.29) is 12.1 Å². The number of furan rings is 1. The highest BCUT2D eigenvalue weighted by Gasteiger charge is 2.23. The summed E-state index contributed by atoms with van der Waals surface area (Å²) in [6.45, 7) is 4.03. The number of nitrogens with two attached hydrogens (primary N) is 1. The Morgan fingerprint density at radius 2 is 2.31 bits per heavy atom. The molecule has 16 heavy (non-hydrogen) atoms. The van der Waals surface area contributed by atoms with Crippen molar-refractivity contribution in [2.45, 2.75) is 32.4 Å². The molecule has 0 saturated carbocycles. The second-order valence-electron chi connectivity index (χ2n) is 3.97. The first-order valence-electron chi connectivity index (χ1n) is 5.53. The zero-order valence-electron chi connectivity index (χ0n) is 9.63. The summed E-state index contributed by atoms with van der Waals surface area (Å²) in [6, 6.07) is 5.77. The molecule has 0 amide bonds. The molecule has 0 aliphatic heterocycles. The summed E-state index contributed by atoms with van der Waals surface area (Å²) in [5.74, 6) is 0.859. The third-order valence-corrected chi connectivity index (χ3v) is 2.74. The molecule has 2 atom stereocenters. The van der Waals surface area contributed by atoms with Gasteiger partial charge in [0.1, 0.15) is 11.8 Å². The van der Waals surface area contributed by atoms with Gasteiger partial charge < -0.3 is 10.2 Å². The summed E-state index contributed by atoms with van der Waals surface area (Å²) in [6.07, 6.45) is 4.49. The van der Waals surface area contributed by atoms with E-state index in [4.69, 9.17) is 10.2 Å². The molecule has 0 saturated heterocycles. The second kappa shape index (κ2) is 4.53. The van der Waals surface area contributed by atoms with Gasteiger partial charge in [0.25, 0.3) is 0 Å². The van der Waals surface area contributed by atoms with Crippen LogP contribution in [0, 0.1) is 6.92 Å². The average Bonchev–Trinajstić information content (AvgIpc) is 2.91. The Morgan fingerprint density at radius 1 is 1.50 bits per heavy atom. The van der Waals surface area contributed by atoms with Crippen molar-refractivity contribution >= 4 is 0 Å². The smallest absolute Gasteiger partial charge is 0.129 e. The molecule has 2 rings (SSSR count). The van der Waals surface area contributed by atoms with Gasteiger partial charge in [-0.2, -0.15) is 5.10 Å². The van der Waals surface area contributed by atoms with Crippen LogP contribution in [-0.4, -0.2) is 15.8 Å². The molecule has 86 valence electrons. The van der Waals surface area contributed by atoms with Gasteiger partial charge in [0.05, 0.1) is 12.0 Å². The molecular formula is C12H17N3O. The largest absolute Gasteiger partial charge is 0.467 e. The number of hydrogen-bond acceptors (Lipinski definition) is 3. The van der Waals surface area contributed by atoms with Crippen molar-refractivity contribution in [3.8, 4) is 0 Å². The van der Waals surface area contributed by atoms with E-state index in [1.54, 1.807) is 6.26 Å². The van der Waals surface area contributed by atoms with Gasteiger partial charge in [-0.1, -0.05) is 6.92 Å². The Bertz CT molecular complexity index is 433. The van der Waals surface area contributed by atoms with Crippen LogP contribution in [0.2, 0.25) is 0 Å². The maximum atomic E-state index is 6.13. The molecule has 2 aromatic heterocycles. The van der Waals surface area contributed by atoms with Gasteiger partial charge in [0.2, 0.25) is 0 Å². The van der Waals surface area contributed by atoms with Crippen LogP contribution in [-0.2, 0) is 0 Å². The molecule has 2 N–H and O–H groups in total. The minimum atomic E-state index is -0.0197. The zero-order valence-corrected chi connectivity index (χ0v) is 9.63. The molecule has 4 nitrogen and oxygen atoms in total.